The van der Waals surface area contributed by atoms with Crippen LogP contribution in [0.15, 0.2) is 36.4 Å². The van der Waals surface area contributed by atoms with Gasteiger partial charge in [0, 0.05) is 30.0 Å². The summed E-state index contributed by atoms with van der Waals surface area (Å²) in [4.78, 5) is 39.1. The number of aliphatic carboxylic acids is 1. The third-order valence-electron chi connectivity index (χ3n) is 9.06. The van der Waals surface area contributed by atoms with Crippen molar-refractivity contribution in [2.75, 3.05) is 7.05 Å². The molecule has 0 aromatic heterocycles. The summed E-state index contributed by atoms with van der Waals surface area (Å²) in [5.74, 6) is -1.43. The zero-order chi connectivity index (χ0) is 32.6. The molecule has 6 nitrogen and oxygen atoms in total. The Morgan fingerprint density at radius 3 is 1.69 bits per heavy atom. The third-order valence-corrected chi connectivity index (χ3v) is 9.06. The Morgan fingerprint density at radius 1 is 0.857 bits per heavy atom. The lowest BCUT2D eigenvalue weighted by molar-refractivity contribution is -0.141. The monoisotopic (exact) mass is 581 g/mol. The maximum atomic E-state index is 13.4. The number of carbonyl (C=O) groups is 3. The van der Waals surface area contributed by atoms with E-state index in [2.05, 4.69) is 19.9 Å². The van der Waals surface area contributed by atoms with Crippen LogP contribution in [0.5, 0.6) is 0 Å². The van der Waals surface area contributed by atoms with Crippen LogP contribution >= 0.6 is 0 Å². The van der Waals surface area contributed by atoms with Crippen molar-refractivity contribution in [2.45, 2.75) is 125 Å². The van der Waals surface area contributed by atoms with Crippen LogP contribution in [0.4, 0.5) is 0 Å². The van der Waals surface area contributed by atoms with Crippen LogP contribution in [0.2, 0.25) is 0 Å². The average Bonchev–Trinajstić information content (AvgIpc) is 2.94. The molecule has 2 rings (SSSR count). The summed E-state index contributed by atoms with van der Waals surface area (Å²) >= 11 is 0. The largest absolute Gasteiger partial charge is 0.480 e. The van der Waals surface area contributed by atoms with Gasteiger partial charge in [-0.3, -0.25) is 9.59 Å². The van der Waals surface area contributed by atoms with E-state index in [1.54, 1.807) is 6.07 Å². The van der Waals surface area contributed by atoms with Crippen molar-refractivity contribution in [1.82, 2.24) is 4.90 Å². The van der Waals surface area contributed by atoms with Crippen molar-refractivity contribution in [2.24, 2.45) is 5.41 Å². The van der Waals surface area contributed by atoms with Gasteiger partial charge in [-0.25, -0.2) is 4.79 Å². The van der Waals surface area contributed by atoms with Gasteiger partial charge in [-0.05, 0) is 73.8 Å². The molecule has 0 heterocycles. The molecule has 42 heavy (non-hydrogen) atoms. The van der Waals surface area contributed by atoms with Gasteiger partial charge in [0.05, 0.1) is 5.60 Å². The number of benzene rings is 2. The van der Waals surface area contributed by atoms with Gasteiger partial charge < -0.3 is 15.1 Å². The highest BCUT2D eigenvalue weighted by molar-refractivity contribution is 5.98. The van der Waals surface area contributed by atoms with Gasteiger partial charge in [0.1, 0.15) is 6.04 Å². The highest BCUT2D eigenvalue weighted by atomic mass is 16.4. The van der Waals surface area contributed by atoms with Crippen LogP contribution in [0.1, 0.15) is 137 Å². The predicted octanol–water partition coefficient (Wildman–Crippen LogP) is 8.13. The average molecular weight is 582 g/mol. The Morgan fingerprint density at radius 2 is 1.33 bits per heavy atom. The Labute approximate surface area is 254 Å². The van der Waals surface area contributed by atoms with Crippen LogP contribution < -0.4 is 0 Å². The second kappa shape index (κ2) is 15.0. The Bertz CT molecular complexity index is 1240. The minimum Gasteiger partial charge on any atom is -0.480 e. The fourth-order valence-corrected chi connectivity index (χ4v) is 5.76. The van der Waals surface area contributed by atoms with Crippen molar-refractivity contribution in [3.05, 3.63) is 69.8 Å². The molecule has 0 radical (unpaired) electrons. The van der Waals surface area contributed by atoms with Gasteiger partial charge in [0.25, 0.3) is 5.91 Å². The van der Waals surface area contributed by atoms with Crippen molar-refractivity contribution in [3.63, 3.8) is 0 Å². The summed E-state index contributed by atoms with van der Waals surface area (Å²) in [5, 5.41) is 20.6. The number of ketones is 1. The molecule has 6 heteroatoms. The zero-order valence-electron chi connectivity index (χ0n) is 28.1. The summed E-state index contributed by atoms with van der Waals surface area (Å²) in [5.41, 5.74) is 3.18. The number of carbonyl (C=O) groups excluding carboxylic acids is 2. The van der Waals surface area contributed by atoms with Gasteiger partial charge >= 0.3 is 5.97 Å². The molecule has 2 N–H and O–H groups in total. The van der Waals surface area contributed by atoms with Crippen LogP contribution in [0, 0.1) is 19.3 Å². The molecule has 0 spiro atoms. The molecule has 2 aromatic rings. The Hall–Kier alpha value is -2.99. The first kappa shape index (κ1) is 37.0. The first-order chi connectivity index (χ1) is 19.5. The number of carboxylic acids is 1. The van der Waals surface area contributed by atoms with Gasteiger partial charge in [-0.2, -0.15) is 0 Å². The number of aliphatic hydroxyl groups is 1. The molecule has 0 aliphatic heterocycles. The molecule has 234 valence electrons. The standard InChI is InChI=1S/C34H49NO5.C2H6/c1-11-18-33(12-2,26-15-17-28(23(5)20-26)30(37)35(10)24(6)31(38)39)25-14-16-27(22(4)19-25)29(36)21-34(40,13-3)32(7,8)9;1-2/h14-17,19-20,24,40H,11-13,18,21H2,1-10H3,(H,38,39);1-2H3. The first-order valence-electron chi connectivity index (χ1n) is 15.5. The van der Waals surface area contributed by atoms with Crippen molar-refractivity contribution < 1.29 is 24.6 Å². The second-order valence-electron chi connectivity index (χ2n) is 12.4. The number of hydrogen-bond acceptors (Lipinski definition) is 4. The molecular weight excluding hydrogens is 526 g/mol. The van der Waals surface area contributed by atoms with E-state index in [9.17, 15) is 24.6 Å². The second-order valence-corrected chi connectivity index (χ2v) is 12.4. The molecule has 0 fully saturated rings. The lowest BCUT2D eigenvalue weighted by Crippen LogP contribution is -2.44. The topological polar surface area (TPSA) is 94.9 Å². The summed E-state index contributed by atoms with van der Waals surface area (Å²) in [7, 11) is 1.51. The van der Waals surface area contributed by atoms with Gasteiger partial charge in [-0.15, -0.1) is 0 Å². The Balaban J connectivity index is 0.00000431. The van der Waals surface area contributed by atoms with Crippen molar-refractivity contribution >= 4 is 17.7 Å². The molecular formula is C36H55NO5. The number of Topliss-reactive ketones (excluding diaryl/α,β-unsaturated/α-hetero) is 1. The summed E-state index contributed by atoms with van der Waals surface area (Å²) in [6.45, 7) is 21.5. The molecule has 0 aliphatic rings. The fourth-order valence-electron chi connectivity index (χ4n) is 5.76. The molecule has 3 unspecified atom stereocenters. The SMILES string of the molecule is CC.CCCC(CC)(c1ccc(C(=O)CC(O)(CC)C(C)(C)C)c(C)c1)c1ccc(C(=O)N(C)C(C)C(=O)O)c(C)c1. The van der Waals surface area contributed by atoms with Gasteiger partial charge in [0.15, 0.2) is 5.78 Å². The predicted molar refractivity (Wildman–Crippen MR) is 173 cm³/mol. The van der Waals surface area contributed by atoms with Gasteiger partial charge in [0.2, 0.25) is 0 Å². The molecule has 1 amide bonds. The van der Waals surface area contributed by atoms with E-state index in [-0.39, 0.29) is 23.5 Å². The number of aryl methyl sites for hydroxylation is 2. The van der Waals surface area contributed by atoms with Crippen LogP contribution in [0.3, 0.4) is 0 Å². The maximum absolute atomic E-state index is 13.4. The van der Waals surface area contributed by atoms with Crippen LogP contribution in [-0.2, 0) is 10.2 Å². The highest BCUT2D eigenvalue weighted by Gasteiger charge is 2.40. The van der Waals surface area contributed by atoms with E-state index in [0.29, 0.717) is 17.5 Å². The normalized spacial score (nSPS) is 15.0. The van der Waals surface area contributed by atoms with E-state index in [4.69, 9.17) is 0 Å². The maximum Gasteiger partial charge on any atom is 0.326 e. The van der Waals surface area contributed by atoms with E-state index in [1.165, 1.54) is 18.9 Å². The molecule has 0 saturated heterocycles. The number of hydrogen-bond donors (Lipinski definition) is 2. The summed E-state index contributed by atoms with van der Waals surface area (Å²) in [6.07, 6.45) is 3.23. The Kier molecular flexibility index (Phi) is 13.2. The molecule has 3 atom stereocenters. The van der Waals surface area contributed by atoms with Crippen LogP contribution in [-0.4, -0.2) is 51.5 Å². The zero-order valence-corrected chi connectivity index (χ0v) is 28.1. The molecule has 0 saturated carbocycles. The van der Waals surface area contributed by atoms with Crippen LogP contribution in [0.25, 0.3) is 0 Å². The highest BCUT2D eigenvalue weighted by Crippen LogP contribution is 2.42. The lowest BCUT2D eigenvalue weighted by Gasteiger charge is -2.39. The van der Waals surface area contributed by atoms with Gasteiger partial charge in [-0.1, -0.05) is 92.1 Å². The minimum absolute atomic E-state index is 0.0562. The number of likely N-dealkylation sites (N-methyl/N-ethyl adjacent to an activating group) is 1. The number of nitrogens with zero attached hydrogens (tertiary/aromatic N) is 1. The van der Waals surface area contributed by atoms with Crippen molar-refractivity contribution in [3.8, 4) is 0 Å². The summed E-state index contributed by atoms with van der Waals surface area (Å²) in [6, 6.07) is 11.0. The molecule has 2 aromatic carbocycles. The number of rotatable bonds is 12. The van der Waals surface area contributed by atoms with Crippen molar-refractivity contribution in [1.29, 1.82) is 0 Å². The first-order valence-corrected chi connectivity index (χ1v) is 15.5. The molecule has 0 bridgehead atoms. The van der Waals surface area contributed by atoms with E-state index in [1.807, 2.05) is 79.7 Å². The van der Waals surface area contributed by atoms with E-state index >= 15 is 0 Å². The number of amides is 1. The quantitative estimate of drug-likeness (QED) is 0.247. The van der Waals surface area contributed by atoms with E-state index in [0.717, 1.165) is 41.5 Å². The lowest BCUT2D eigenvalue weighted by atomic mass is 9.68. The molecule has 0 aliphatic carbocycles. The smallest absolute Gasteiger partial charge is 0.326 e. The third kappa shape index (κ3) is 7.69. The van der Waals surface area contributed by atoms with E-state index < -0.39 is 23.0 Å². The fraction of sp³-hybridized carbons (Fsp3) is 0.583. The summed E-state index contributed by atoms with van der Waals surface area (Å²) < 4.78 is 0. The minimum atomic E-state index is -1.09. The number of carboxylic acid groups (broad SMARTS) is 1.